The highest BCUT2D eigenvalue weighted by atomic mass is 32.1. The van der Waals surface area contributed by atoms with Gasteiger partial charge in [-0.2, -0.15) is 0 Å². The van der Waals surface area contributed by atoms with E-state index >= 15 is 0 Å². The van der Waals surface area contributed by atoms with Crippen LogP contribution in [0, 0.1) is 12.8 Å². The molecule has 0 bridgehead atoms. The van der Waals surface area contributed by atoms with E-state index in [-0.39, 0.29) is 5.91 Å². The van der Waals surface area contributed by atoms with E-state index in [4.69, 9.17) is 4.74 Å². The van der Waals surface area contributed by atoms with Crippen molar-refractivity contribution in [3.63, 3.8) is 0 Å². The summed E-state index contributed by atoms with van der Waals surface area (Å²) in [5.74, 6) is -1.63. The third-order valence-electron chi connectivity index (χ3n) is 4.22. The lowest BCUT2D eigenvalue weighted by atomic mass is 9.74. The van der Waals surface area contributed by atoms with Gasteiger partial charge in [-0.15, -0.1) is 11.3 Å². The normalized spacial score (nSPS) is 25.0. The first-order valence-electron chi connectivity index (χ1n) is 7.38. The Balaban J connectivity index is 2.17. The largest absolute Gasteiger partial charge is 0.481 e. The number of ether oxygens (including phenoxy) is 1. The van der Waals surface area contributed by atoms with Crippen molar-refractivity contribution in [2.75, 3.05) is 7.11 Å². The fourth-order valence-electron chi connectivity index (χ4n) is 3.04. The molecule has 1 aliphatic carbocycles. The standard InChI is InChI=1S/C15H22N2O4S/c1-9-12(22-11(16-9)8-21-3)13(18)17-15(2)7-5-4-6-10(15)14(19)20/h10H,4-8H2,1-3H3,(H,17,18)(H,19,20). The van der Waals surface area contributed by atoms with Gasteiger partial charge in [0.25, 0.3) is 5.91 Å². The molecule has 1 aromatic rings. The number of rotatable bonds is 5. The number of aliphatic carboxylic acids is 1. The fourth-order valence-corrected chi connectivity index (χ4v) is 3.98. The lowest BCUT2D eigenvalue weighted by Gasteiger charge is -2.39. The SMILES string of the molecule is COCc1nc(C)c(C(=O)NC2(C)CCCCC2C(=O)O)s1. The van der Waals surface area contributed by atoms with E-state index < -0.39 is 17.4 Å². The minimum absolute atomic E-state index is 0.243. The van der Waals surface area contributed by atoms with Crippen LogP contribution in [0.3, 0.4) is 0 Å². The Bertz CT molecular complexity index is 572. The van der Waals surface area contributed by atoms with E-state index in [1.807, 2.05) is 6.92 Å². The molecular weight excluding hydrogens is 304 g/mol. The number of methoxy groups -OCH3 is 1. The number of carbonyl (C=O) groups excluding carboxylic acids is 1. The number of carboxylic acids is 1. The van der Waals surface area contributed by atoms with Crippen molar-refractivity contribution in [2.45, 2.75) is 51.7 Å². The second kappa shape index (κ2) is 6.75. The predicted octanol–water partition coefficient (Wildman–Crippen LogP) is 2.36. The average Bonchev–Trinajstić information content (AvgIpc) is 2.80. The predicted molar refractivity (Wildman–Crippen MR) is 83.0 cm³/mol. The second-order valence-corrected chi connectivity index (χ2v) is 7.05. The van der Waals surface area contributed by atoms with Crippen LogP contribution in [0.1, 0.15) is 53.0 Å². The first-order chi connectivity index (χ1) is 10.4. The maximum absolute atomic E-state index is 12.6. The second-order valence-electron chi connectivity index (χ2n) is 5.96. The van der Waals surface area contributed by atoms with E-state index in [1.165, 1.54) is 11.3 Å². The smallest absolute Gasteiger partial charge is 0.308 e. The first-order valence-corrected chi connectivity index (χ1v) is 8.19. The van der Waals surface area contributed by atoms with Crippen molar-refractivity contribution in [1.29, 1.82) is 0 Å². The highest BCUT2D eigenvalue weighted by molar-refractivity contribution is 7.13. The molecule has 0 saturated heterocycles. The van der Waals surface area contributed by atoms with Crippen LogP contribution in [0.4, 0.5) is 0 Å². The minimum Gasteiger partial charge on any atom is -0.481 e. The lowest BCUT2D eigenvalue weighted by Crippen LogP contribution is -2.55. The number of nitrogens with one attached hydrogen (secondary N) is 1. The van der Waals surface area contributed by atoms with E-state index in [2.05, 4.69) is 10.3 Å². The van der Waals surface area contributed by atoms with Gasteiger partial charge in [-0.1, -0.05) is 12.8 Å². The Kier molecular flexibility index (Phi) is 5.18. The molecule has 0 aromatic carbocycles. The molecule has 2 N–H and O–H groups in total. The van der Waals surface area contributed by atoms with Crippen LogP contribution in [0.15, 0.2) is 0 Å². The van der Waals surface area contributed by atoms with Gasteiger partial charge < -0.3 is 15.2 Å². The monoisotopic (exact) mass is 326 g/mol. The summed E-state index contributed by atoms with van der Waals surface area (Å²) in [7, 11) is 1.58. The lowest BCUT2D eigenvalue weighted by molar-refractivity contribution is -0.145. The molecule has 0 spiro atoms. The number of aromatic nitrogens is 1. The molecule has 1 heterocycles. The molecule has 1 fully saturated rings. The number of thiazole rings is 1. The van der Waals surface area contributed by atoms with Gasteiger partial charge in [-0.25, -0.2) is 4.98 Å². The van der Waals surface area contributed by atoms with Crippen molar-refractivity contribution >= 4 is 23.2 Å². The number of nitrogens with zero attached hydrogens (tertiary/aromatic N) is 1. The highest BCUT2D eigenvalue weighted by Gasteiger charge is 2.42. The van der Waals surface area contributed by atoms with Gasteiger partial charge in [0.05, 0.1) is 23.8 Å². The quantitative estimate of drug-likeness (QED) is 0.867. The van der Waals surface area contributed by atoms with Crippen molar-refractivity contribution in [3.05, 3.63) is 15.6 Å². The molecule has 1 saturated carbocycles. The summed E-state index contributed by atoms with van der Waals surface area (Å²) in [6, 6.07) is 0. The van der Waals surface area contributed by atoms with Crippen LogP contribution in [0.25, 0.3) is 0 Å². The molecular formula is C15H22N2O4S. The zero-order chi connectivity index (χ0) is 16.3. The van der Waals surface area contributed by atoms with Crippen molar-refractivity contribution in [1.82, 2.24) is 10.3 Å². The summed E-state index contributed by atoms with van der Waals surface area (Å²) < 4.78 is 5.03. The molecule has 2 rings (SSSR count). The van der Waals surface area contributed by atoms with Gasteiger partial charge in [-0.3, -0.25) is 9.59 Å². The van der Waals surface area contributed by atoms with E-state index in [9.17, 15) is 14.7 Å². The number of hydrogen-bond donors (Lipinski definition) is 2. The molecule has 0 aliphatic heterocycles. The topological polar surface area (TPSA) is 88.5 Å². The maximum atomic E-state index is 12.6. The first kappa shape index (κ1) is 16.9. The Morgan fingerprint density at radius 1 is 1.50 bits per heavy atom. The van der Waals surface area contributed by atoms with E-state index in [0.717, 1.165) is 17.8 Å². The number of carbonyl (C=O) groups is 2. The van der Waals surface area contributed by atoms with Gasteiger partial charge in [-0.05, 0) is 26.7 Å². The van der Waals surface area contributed by atoms with Crippen molar-refractivity contribution < 1.29 is 19.4 Å². The van der Waals surface area contributed by atoms with Gasteiger partial charge in [0, 0.05) is 7.11 Å². The maximum Gasteiger partial charge on any atom is 0.308 e. The average molecular weight is 326 g/mol. The summed E-state index contributed by atoms with van der Waals surface area (Å²) in [6.45, 7) is 3.98. The Morgan fingerprint density at radius 2 is 2.23 bits per heavy atom. The van der Waals surface area contributed by atoms with Gasteiger partial charge in [0.2, 0.25) is 0 Å². The molecule has 2 unspecified atom stereocenters. The molecule has 22 heavy (non-hydrogen) atoms. The Labute approximate surface area is 133 Å². The van der Waals surface area contributed by atoms with Crippen molar-refractivity contribution in [3.8, 4) is 0 Å². The highest BCUT2D eigenvalue weighted by Crippen LogP contribution is 2.34. The zero-order valence-corrected chi connectivity index (χ0v) is 14.0. The molecule has 122 valence electrons. The van der Waals surface area contributed by atoms with Crippen LogP contribution < -0.4 is 5.32 Å². The summed E-state index contributed by atoms with van der Waals surface area (Å²) in [4.78, 5) is 28.9. The molecule has 7 heteroatoms. The molecule has 6 nitrogen and oxygen atoms in total. The van der Waals surface area contributed by atoms with Crippen LogP contribution in [-0.2, 0) is 16.1 Å². The van der Waals surface area contributed by atoms with Crippen molar-refractivity contribution in [2.24, 2.45) is 5.92 Å². The number of aryl methyl sites for hydroxylation is 1. The summed E-state index contributed by atoms with van der Waals surface area (Å²) in [5, 5.41) is 13.1. The Hall–Kier alpha value is -1.47. The van der Waals surface area contributed by atoms with Gasteiger partial charge in [0.15, 0.2) is 0 Å². The third-order valence-corrected chi connectivity index (χ3v) is 5.35. The van der Waals surface area contributed by atoms with Crippen LogP contribution in [0.5, 0.6) is 0 Å². The number of amides is 1. The molecule has 2 atom stereocenters. The number of carboxylic acid groups (broad SMARTS) is 1. The summed E-state index contributed by atoms with van der Waals surface area (Å²) >= 11 is 1.29. The Morgan fingerprint density at radius 3 is 2.86 bits per heavy atom. The van der Waals surface area contributed by atoms with Crippen LogP contribution in [-0.4, -0.2) is 34.6 Å². The number of hydrogen-bond acceptors (Lipinski definition) is 5. The summed E-state index contributed by atoms with van der Waals surface area (Å²) in [6.07, 6.45) is 3.10. The molecule has 0 radical (unpaired) electrons. The van der Waals surface area contributed by atoms with Crippen LogP contribution >= 0.6 is 11.3 Å². The minimum atomic E-state index is -0.844. The van der Waals surface area contributed by atoms with E-state index in [1.54, 1.807) is 14.0 Å². The zero-order valence-electron chi connectivity index (χ0n) is 13.1. The van der Waals surface area contributed by atoms with Crippen LogP contribution in [0.2, 0.25) is 0 Å². The summed E-state index contributed by atoms with van der Waals surface area (Å²) in [5.41, 5.74) is -0.0558. The van der Waals surface area contributed by atoms with Gasteiger partial charge in [0.1, 0.15) is 9.88 Å². The van der Waals surface area contributed by atoms with E-state index in [0.29, 0.717) is 30.0 Å². The molecule has 1 amide bonds. The third kappa shape index (κ3) is 3.47. The van der Waals surface area contributed by atoms with Gasteiger partial charge >= 0.3 is 5.97 Å². The molecule has 1 aliphatic rings. The fraction of sp³-hybridized carbons (Fsp3) is 0.667. The molecule has 1 aromatic heterocycles.